The van der Waals surface area contributed by atoms with Gasteiger partial charge >= 0.3 is 0 Å². The third kappa shape index (κ3) is 4.06. The van der Waals surface area contributed by atoms with Gasteiger partial charge in [-0.05, 0) is 32.2 Å². The number of ether oxygens (including phenoxy) is 1. The van der Waals surface area contributed by atoms with Gasteiger partial charge in [0.2, 0.25) is 0 Å². The third-order valence-electron chi connectivity index (χ3n) is 4.92. The van der Waals surface area contributed by atoms with E-state index in [1.165, 1.54) is 12.8 Å². The van der Waals surface area contributed by atoms with Crippen molar-refractivity contribution in [3.63, 3.8) is 0 Å². The van der Waals surface area contributed by atoms with Crippen LogP contribution in [0.5, 0.6) is 0 Å². The van der Waals surface area contributed by atoms with Crippen LogP contribution in [0.15, 0.2) is 18.6 Å². The molecule has 1 amide bonds. The molecule has 0 N–H and O–H groups in total. The van der Waals surface area contributed by atoms with Crippen LogP contribution in [0.1, 0.15) is 43.1 Å². The Balaban J connectivity index is 1.51. The fourth-order valence-electron chi connectivity index (χ4n) is 3.59. The van der Waals surface area contributed by atoms with Gasteiger partial charge in [-0.3, -0.25) is 14.7 Å². The summed E-state index contributed by atoms with van der Waals surface area (Å²) in [4.78, 5) is 24.9. The van der Waals surface area contributed by atoms with Crippen LogP contribution in [0.25, 0.3) is 0 Å². The number of rotatable bonds is 5. The first-order valence-electron chi connectivity index (χ1n) is 8.69. The van der Waals surface area contributed by atoms with E-state index < -0.39 is 0 Å². The molecule has 0 aliphatic carbocycles. The Morgan fingerprint density at radius 2 is 2.17 bits per heavy atom. The number of likely N-dealkylation sites (tertiary alicyclic amines) is 1. The minimum atomic E-state index is -0.00118. The number of carbonyl (C=O) groups excluding carboxylic acids is 1. The molecule has 6 nitrogen and oxygen atoms in total. The van der Waals surface area contributed by atoms with Crippen molar-refractivity contribution in [3.8, 4) is 0 Å². The Bertz CT molecular complexity index is 497. The second-order valence-electron chi connectivity index (χ2n) is 6.34. The van der Waals surface area contributed by atoms with E-state index in [-0.39, 0.29) is 5.91 Å². The van der Waals surface area contributed by atoms with Crippen molar-refractivity contribution in [1.29, 1.82) is 0 Å². The van der Waals surface area contributed by atoms with Crippen LogP contribution in [-0.4, -0.2) is 70.6 Å². The standard InChI is InChI=1S/C17H26N4O2/c1-2-20(13-15-4-3-11-23-15)14-5-9-21(10-6-14)17(22)16-12-18-7-8-19-16/h7-8,12,14-15H,2-6,9-11,13H2,1H3/t15-/m0/s1. The van der Waals surface area contributed by atoms with Crippen molar-refractivity contribution < 1.29 is 9.53 Å². The van der Waals surface area contributed by atoms with Crippen molar-refractivity contribution in [3.05, 3.63) is 24.3 Å². The predicted octanol–water partition coefficient (Wildman–Crippen LogP) is 1.58. The predicted molar refractivity (Wildman–Crippen MR) is 87.2 cm³/mol. The lowest BCUT2D eigenvalue weighted by atomic mass is 10.0. The SMILES string of the molecule is CCN(C[C@@H]1CCCO1)C1CCN(C(=O)c2cnccn2)CC1. The lowest BCUT2D eigenvalue weighted by Gasteiger charge is -2.38. The minimum absolute atomic E-state index is 0.00118. The van der Waals surface area contributed by atoms with Gasteiger partial charge in [-0.2, -0.15) is 0 Å². The van der Waals surface area contributed by atoms with Crippen molar-refractivity contribution in [2.75, 3.05) is 32.8 Å². The Morgan fingerprint density at radius 1 is 1.35 bits per heavy atom. The number of nitrogens with zero attached hydrogens (tertiary/aromatic N) is 4. The van der Waals surface area contributed by atoms with Crippen LogP contribution in [0.4, 0.5) is 0 Å². The zero-order chi connectivity index (χ0) is 16.1. The third-order valence-corrected chi connectivity index (χ3v) is 4.92. The lowest BCUT2D eigenvalue weighted by Crippen LogP contribution is -2.48. The summed E-state index contributed by atoms with van der Waals surface area (Å²) in [6.07, 6.45) is 9.51. The highest BCUT2D eigenvalue weighted by Crippen LogP contribution is 2.21. The normalized spacial score (nSPS) is 22.7. The molecule has 0 unspecified atom stereocenters. The fraction of sp³-hybridized carbons (Fsp3) is 0.706. The van der Waals surface area contributed by atoms with E-state index in [0.717, 1.165) is 45.6 Å². The summed E-state index contributed by atoms with van der Waals surface area (Å²) in [5.74, 6) is -0.00118. The molecular formula is C17H26N4O2. The largest absolute Gasteiger partial charge is 0.377 e. The van der Waals surface area contributed by atoms with Crippen molar-refractivity contribution in [2.45, 2.75) is 44.8 Å². The zero-order valence-electron chi connectivity index (χ0n) is 13.9. The smallest absolute Gasteiger partial charge is 0.274 e. The van der Waals surface area contributed by atoms with Gasteiger partial charge in [0.25, 0.3) is 5.91 Å². The van der Waals surface area contributed by atoms with Gasteiger partial charge in [-0.25, -0.2) is 4.98 Å². The van der Waals surface area contributed by atoms with Crippen LogP contribution in [-0.2, 0) is 4.74 Å². The number of carbonyl (C=O) groups is 1. The topological polar surface area (TPSA) is 58.6 Å². The summed E-state index contributed by atoms with van der Waals surface area (Å²) in [6.45, 7) is 6.78. The molecule has 1 aromatic heterocycles. The van der Waals surface area contributed by atoms with Crippen molar-refractivity contribution in [2.24, 2.45) is 0 Å². The van der Waals surface area contributed by atoms with Gasteiger partial charge in [0.15, 0.2) is 0 Å². The highest BCUT2D eigenvalue weighted by atomic mass is 16.5. The maximum absolute atomic E-state index is 12.4. The molecule has 0 spiro atoms. The maximum Gasteiger partial charge on any atom is 0.274 e. The number of aromatic nitrogens is 2. The molecule has 6 heteroatoms. The number of amides is 1. The summed E-state index contributed by atoms with van der Waals surface area (Å²) < 4.78 is 5.77. The molecule has 2 aliphatic rings. The van der Waals surface area contributed by atoms with E-state index in [2.05, 4.69) is 21.8 Å². The lowest BCUT2D eigenvalue weighted by molar-refractivity contribution is 0.0375. The molecule has 1 aromatic rings. The number of hydrogen-bond acceptors (Lipinski definition) is 5. The Labute approximate surface area is 137 Å². The van der Waals surface area contributed by atoms with Gasteiger partial charge in [0, 0.05) is 44.7 Å². The second-order valence-corrected chi connectivity index (χ2v) is 6.34. The van der Waals surface area contributed by atoms with Crippen molar-refractivity contribution in [1.82, 2.24) is 19.8 Å². The van der Waals surface area contributed by atoms with E-state index in [9.17, 15) is 4.79 Å². The van der Waals surface area contributed by atoms with Gasteiger partial charge in [0.05, 0.1) is 12.3 Å². The van der Waals surface area contributed by atoms with Gasteiger partial charge in [-0.1, -0.05) is 6.92 Å². The Morgan fingerprint density at radius 3 is 2.78 bits per heavy atom. The molecule has 3 rings (SSSR count). The molecule has 126 valence electrons. The van der Waals surface area contributed by atoms with E-state index >= 15 is 0 Å². The van der Waals surface area contributed by atoms with Crippen LogP contribution in [0.3, 0.4) is 0 Å². The Hall–Kier alpha value is -1.53. The summed E-state index contributed by atoms with van der Waals surface area (Å²) >= 11 is 0. The molecule has 23 heavy (non-hydrogen) atoms. The average Bonchev–Trinajstić information content (AvgIpc) is 3.13. The summed E-state index contributed by atoms with van der Waals surface area (Å²) in [7, 11) is 0. The Kier molecular flexibility index (Phi) is 5.56. The van der Waals surface area contributed by atoms with Gasteiger partial charge in [0.1, 0.15) is 5.69 Å². The highest BCUT2D eigenvalue weighted by Gasteiger charge is 2.29. The van der Waals surface area contributed by atoms with E-state index in [0.29, 0.717) is 17.8 Å². The van der Waals surface area contributed by atoms with Crippen LogP contribution < -0.4 is 0 Å². The molecular weight excluding hydrogens is 292 g/mol. The molecule has 0 bridgehead atoms. The fourth-order valence-corrected chi connectivity index (χ4v) is 3.59. The van der Waals surface area contributed by atoms with E-state index in [4.69, 9.17) is 4.74 Å². The van der Waals surface area contributed by atoms with Crippen LogP contribution in [0.2, 0.25) is 0 Å². The first kappa shape index (κ1) is 16.3. The first-order chi connectivity index (χ1) is 11.3. The molecule has 2 fully saturated rings. The number of piperidine rings is 1. The van der Waals surface area contributed by atoms with Crippen LogP contribution in [0, 0.1) is 0 Å². The molecule has 2 aliphatic heterocycles. The summed E-state index contributed by atoms with van der Waals surface area (Å²) in [5, 5.41) is 0. The quantitative estimate of drug-likeness (QED) is 0.825. The molecule has 0 saturated carbocycles. The summed E-state index contributed by atoms with van der Waals surface area (Å²) in [6, 6.07) is 0.551. The molecule has 0 aromatic carbocycles. The van der Waals surface area contributed by atoms with Crippen LogP contribution >= 0.6 is 0 Å². The van der Waals surface area contributed by atoms with E-state index in [1.807, 2.05) is 4.90 Å². The second kappa shape index (κ2) is 7.84. The first-order valence-corrected chi connectivity index (χ1v) is 8.69. The molecule has 1 atom stereocenters. The molecule has 3 heterocycles. The number of likely N-dealkylation sites (N-methyl/N-ethyl adjacent to an activating group) is 1. The number of hydrogen-bond donors (Lipinski definition) is 0. The van der Waals surface area contributed by atoms with Crippen molar-refractivity contribution >= 4 is 5.91 Å². The maximum atomic E-state index is 12.4. The molecule has 0 radical (unpaired) electrons. The summed E-state index contributed by atoms with van der Waals surface area (Å²) in [5.41, 5.74) is 0.442. The zero-order valence-corrected chi connectivity index (χ0v) is 13.9. The highest BCUT2D eigenvalue weighted by molar-refractivity contribution is 5.92. The molecule has 2 saturated heterocycles. The minimum Gasteiger partial charge on any atom is -0.377 e. The van der Waals surface area contributed by atoms with Gasteiger partial charge < -0.3 is 9.64 Å². The van der Waals surface area contributed by atoms with E-state index in [1.54, 1.807) is 18.6 Å². The van der Waals surface area contributed by atoms with Gasteiger partial charge in [-0.15, -0.1) is 0 Å². The monoisotopic (exact) mass is 318 g/mol. The average molecular weight is 318 g/mol.